The van der Waals surface area contributed by atoms with Crippen LogP contribution in [0.2, 0.25) is 0 Å². The van der Waals surface area contributed by atoms with Gasteiger partial charge in [0.2, 0.25) is 0 Å². The molecule has 1 fully saturated rings. The zero-order valence-corrected chi connectivity index (χ0v) is 19.3. The van der Waals surface area contributed by atoms with Gasteiger partial charge < -0.3 is 15.1 Å². The summed E-state index contributed by atoms with van der Waals surface area (Å²) >= 11 is 2.10. The minimum Gasteiger partial charge on any atom is -0.352 e. The fourth-order valence-electron chi connectivity index (χ4n) is 3.00. The van der Waals surface area contributed by atoms with Gasteiger partial charge in [0.25, 0.3) is 0 Å². The Morgan fingerprint density at radius 3 is 2.60 bits per heavy atom. The minimum atomic E-state index is 0. The summed E-state index contributed by atoms with van der Waals surface area (Å²) in [6, 6.07) is 8.66. The van der Waals surface area contributed by atoms with E-state index >= 15 is 0 Å². The third kappa shape index (κ3) is 6.98. The average molecular weight is 476 g/mol. The van der Waals surface area contributed by atoms with Crippen molar-refractivity contribution in [2.75, 3.05) is 40.0 Å². The highest BCUT2D eigenvalue weighted by Crippen LogP contribution is 2.24. The van der Waals surface area contributed by atoms with Crippen LogP contribution in [0.15, 0.2) is 29.3 Å². The number of hydrogen-bond acceptors (Lipinski definition) is 3. The van der Waals surface area contributed by atoms with Gasteiger partial charge in [-0.25, -0.2) is 0 Å². The average Bonchev–Trinajstić information content (AvgIpc) is 2.56. The zero-order valence-electron chi connectivity index (χ0n) is 16.2. The van der Waals surface area contributed by atoms with Crippen molar-refractivity contribution in [3.05, 3.63) is 35.4 Å². The molecule has 1 saturated heterocycles. The lowest BCUT2D eigenvalue weighted by molar-refractivity contribution is 0.380. The molecule has 0 saturated carbocycles. The molecule has 4 nitrogen and oxygen atoms in total. The van der Waals surface area contributed by atoms with E-state index in [2.05, 4.69) is 84.1 Å². The fraction of sp³-hybridized carbons (Fsp3) is 0.632. The maximum atomic E-state index is 4.52. The highest BCUT2D eigenvalue weighted by atomic mass is 127. The first kappa shape index (κ1) is 22.6. The van der Waals surface area contributed by atoms with E-state index < -0.39 is 0 Å². The maximum absolute atomic E-state index is 4.52. The van der Waals surface area contributed by atoms with Crippen molar-refractivity contribution in [3.8, 4) is 0 Å². The Bertz CT molecular complexity index is 548. The maximum Gasteiger partial charge on any atom is 0.193 e. The first-order valence-corrected chi connectivity index (χ1v) is 9.84. The third-order valence-electron chi connectivity index (χ3n) is 4.39. The van der Waals surface area contributed by atoms with Crippen molar-refractivity contribution in [2.24, 2.45) is 10.9 Å². The van der Waals surface area contributed by atoms with Crippen LogP contribution in [0.3, 0.4) is 0 Å². The van der Waals surface area contributed by atoms with Gasteiger partial charge in [0.15, 0.2) is 5.96 Å². The molecular weight excluding hydrogens is 443 g/mol. The van der Waals surface area contributed by atoms with Crippen molar-refractivity contribution in [1.29, 1.82) is 0 Å². The first-order valence-electron chi connectivity index (χ1n) is 8.80. The largest absolute Gasteiger partial charge is 0.352 e. The van der Waals surface area contributed by atoms with Crippen LogP contribution in [-0.2, 0) is 13.1 Å². The smallest absolute Gasteiger partial charge is 0.193 e. The van der Waals surface area contributed by atoms with E-state index in [1.807, 2.05) is 7.05 Å². The van der Waals surface area contributed by atoms with Crippen LogP contribution in [-0.4, -0.2) is 61.0 Å². The van der Waals surface area contributed by atoms with E-state index in [1.54, 1.807) is 0 Å². The summed E-state index contributed by atoms with van der Waals surface area (Å²) in [5.74, 6) is 2.91. The van der Waals surface area contributed by atoms with E-state index in [4.69, 9.17) is 0 Å². The van der Waals surface area contributed by atoms with Crippen molar-refractivity contribution >= 4 is 41.7 Å². The van der Waals surface area contributed by atoms with E-state index in [-0.39, 0.29) is 24.0 Å². The van der Waals surface area contributed by atoms with E-state index in [0.29, 0.717) is 11.2 Å². The van der Waals surface area contributed by atoms with E-state index in [1.165, 1.54) is 16.9 Å². The van der Waals surface area contributed by atoms with Crippen LogP contribution in [0.5, 0.6) is 0 Å². The normalized spacial score (nSPS) is 18.4. The van der Waals surface area contributed by atoms with Gasteiger partial charge in [-0.3, -0.25) is 4.99 Å². The second-order valence-corrected chi connectivity index (χ2v) is 8.35. The number of aliphatic imine (C=N–C) groups is 1. The standard InChI is InChI=1S/C19H32N4S.HI/c1-15(2)18-14-23(10-11-24-18)19(20-3)21-12-16-8-6-7-9-17(16)13-22(4)5;/h6-9,15,18H,10-14H2,1-5H3,(H,20,21);1H. The Balaban J connectivity index is 0.00000312. The van der Waals surface area contributed by atoms with Gasteiger partial charge in [0, 0.05) is 44.2 Å². The monoisotopic (exact) mass is 476 g/mol. The molecule has 1 atom stereocenters. The Hall–Kier alpha value is -0.470. The van der Waals surface area contributed by atoms with Crippen LogP contribution < -0.4 is 5.32 Å². The van der Waals surface area contributed by atoms with Gasteiger partial charge >= 0.3 is 0 Å². The topological polar surface area (TPSA) is 30.9 Å². The molecule has 25 heavy (non-hydrogen) atoms. The summed E-state index contributed by atoms with van der Waals surface area (Å²) in [4.78, 5) is 9.15. The lowest BCUT2D eigenvalue weighted by Gasteiger charge is -2.36. The van der Waals surface area contributed by atoms with Crippen LogP contribution in [0.4, 0.5) is 0 Å². The van der Waals surface area contributed by atoms with Gasteiger partial charge in [-0.05, 0) is 31.1 Å². The molecule has 1 aromatic rings. The molecule has 0 radical (unpaired) electrons. The molecule has 0 spiro atoms. The molecule has 1 aliphatic heterocycles. The highest BCUT2D eigenvalue weighted by molar-refractivity contribution is 14.0. The number of thioether (sulfide) groups is 1. The number of hydrogen-bond donors (Lipinski definition) is 1. The number of benzene rings is 1. The summed E-state index contributed by atoms with van der Waals surface area (Å²) in [7, 11) is 6.11. The lowest BCUT2D eigenvalue weighted by atomic mass is 10.1. The number of guanidine groups is 1. The summed E-state index contributed by atoms with van der Waals surface area (Å²) in [6.45, 7) is 8.58. The van der Waals surface area contributed by atoms with Crippen molar-refractivity contribution < 1.29 is 0 Å². The molecule has 0 aromatic heterocycles. The SMILES string of the molecule is CN=C(NCc1ccccc1CN(C)C)N1CCSC(C(C)C)C1.I. The Morgan fingerprint density at radius 1 is 1.32 bits per heavy atom. The second-order valence-electron chi connectivity index (χ2n) is 7.01. The third-order valence-corrected chi connectivity index (χ3v) is 5.93. The summed E-state index contributed by atoms with van der Waals surface area (Å²) in [6.07, 6.45) is 0. The molecule has 1 N–H and O–H groups in total. The van der Waals surface area contributed by atoms with Crippen molar-refractivity contribution in [1.82, 2.24) is 15.1 Å². The molecule has 0 aliphatic carbocycles. The highest BCUT2D eigenvalue weighted by Gasteiger charge is 2.24. The molecule has 1 aliphatic rings. The van der Waals surface area contributed by atoms with Crippen LogP contribution >= 0.6 is 35.7 Å². The summed E-state index contributed by atoms with van der Waals surface area (Å²) in [5.41, 5.74) is 2.72. The summed E-state index contributed by atoms with van der Waals surface area (Å²) in [5, 5.41) is 4.27. The van der Waals surface area contributed by atoms with Crippen LogP contribution in [0, 0.1) is 5.92 Å². The number of nitrogens with zero attached hydrogens (tertiary/aromatic N) is 3. The summed E-state index contributed by atoms with van der Waals surface area (Å²) < 4.78 is 0. The van der Waals surface area contributed by atoms with Gasteiger partial charge in [0.05, 0.1) is 0 Å². The molecule has 142 valence electrons. The van der Waals surface area contributed by atoms with Gasteiger partial charge in [-0.2, -0.15) is 11.8 Å². The molecular formula is C19H33IN4S. The van der Waals surface area contributed by atoms with E-state index in [9.17, 15) is 0 Å². The predicted octanol–water partition coefficient (Wildman–Crippen LogP) is 3.52. The van der Waals surface area contributed by atoms with Crippen LogP contribution in [0.25, 0.3) is 0 Å². The molecule has 1 unspecified atom stereocenters. The molecule has 6 heteroatoms. The zero-order chi connectivity index (χ0) is 17.5. The predicted molar refractivity (Wildman–Crippen MR) is 122 cm³/mol. The Morgan fingerprint density at radius 2 is 2.00 bits per heavy atom. The van der Waals surface area contributed by atoms with Gasteiger partial charge in [-0.15, -0.1) is 24.0 Å². The molecule has 1 heterocycles. The first-order chi connectivity index (χ1) is 11.5. The number of nitrogens with one attached hydrogen (secondary N) is 1. The Kier molecular flexibility index (Phi) is 10.2. The van der Waals surface area contributed by atoms with Crippen molar-refractivity contribution in [2.45, 2.75) is 32.2 Å². The van der Waals surface area contributed by atoms with Gasteiger partial charge in [0.1, 0.15) is 0 Å². The Labute approximate surface area is 174 Å². The molecule has 0 amide bonds. The molecule has 2 rings (SSSR count). The quantitative estimate of drug-likeness (QED) is 0.401. The second kappa shape index (κ2) is 11.3. The number of halogens is 1. The minimum absolute atomic E-state index is 0. The molecule has 0 bridgehead atoms. The van der Waals surface area contributed by atoms with E-state index in [0.717, 1.165) is 32.1 Å². The molecule has 1 aromatic carbocycles. The number of rotatable bonds is 5. The van der Waals surface area contributed by atoms with Crippen molar-refractivity contribution in [3.63, 3.8) is 0 Å². The lowest BCUT2D eigenvalue weighted by Crippen LogP contribution is -2.48. The fourth-order valence-corrected chi connectivity index (χ4v) is 4.30. The van der Waals surface area contributed by atoms with Gasteiger partial charge in [-0.1, -0.05) is 38.1 Å². The van der Waals surface area contributed by atoms with Crippen LogP contribution in [0.1, 0.15) is 25.0 Å².